The Bertz CT molecular complexity index is 362. The number of hydrogen-bond donors (Lipinski definition) is 1. The van der Waals surface area contributed by atoms with Gasteiger partial charge in [-0.15, -0.1) is 0 Å². The molecule has 0 spiro atoms. The van der Waals surface area contributed by atoms with E-state index in [0.717, 1.165) is 19.0 Å². The topological polar surface area (TPSA) is 29.9 Å². The first-order valence-corrected chi connectivity index (χ1v) is 6.05. The van der Waals surface area contributed by atoms with Gasteiger partial charge in [-0.25, -0.2) is 0 Å². The van der Waals surface area contributed by atoms with Crippen LogP contribution in [0.15, 0.2) is 12.3 Å². The van der Waals surface area contributed by atoms with Gasteiger partial charge in [-0.1, -0.05) is 27.7 Å². The zero-order valence-corrected chi connectivity index (χ0v) is 11.0. The van der Waals surface area contributed by atoms with Gasteiger partial charge in [0.15, 0.2) is 0 Å². The van der Waals surface area contributed by atoms with Crippen LogP contribution in [0.25, 0.3) is 0 Å². The van der Waals surface area contributed by atoms with Crippen LogP contribution in [-0.2, 0) is 13.6 Å². The first-order valence-electron chi connectivity index (χ1n) is 6.05. The minimum Gasteiger partial charge on any atom is -0.311 e. The molecule has 1 aromatic rings. The molecule has 1 aliphatic rings. The second-order valence-electron chi connectivity index (χ2n) is 6.07. The lowest BCUT2D eigenvalue weighted by atomic mass is 10.0. The summed E-state index contributed by atoms with van der Waals surface area (Å²) in [4.78, 5) is 0. The quantitative estimate of drug-likeness (QED) is 0.844. The van der Waals surface area contributed by atoms with Crippen molar-refractivity contribution in [2.45, 2.75) is 34.2 Å². The molecule has 3 nitrogen and oxygen atoms in total. The van der Waals surface area contributed by atoms with Gasteiger partial charge in [-0.3, -0.25) is 4.68 Å². The van der Waals surface area contributed by atoms with E-state index in [9.17, 15) is 0 Å². The van der Waals surface area contributed by atoms with Crippen molar-refractivity contribution >= 4 is 0 Å². The molecule has 0 unspecified atom stereocenters. The van der Waals surface area contributed by atoms with E-state index in [1.54, 1.807) is 0 Å². The molecule has 1 saturated carbocycles. The van der Waals surface area contributed by atoms with Crippen molar-refractivity contribution in [2.24, 2.45) is 23.8 Å². The molecule has 3 heteroatoms. The molecule has 0 saturated heterocycles. The number of nitrogens with zero attached hydrogens (tertiary/aromatic N) is 2. The minimum atomic E-state index is 0.479. The molecule has 0 radical (unpaired) electrons. The molecule has 1 N–H and O–H groups in total. The van der Waals surface area contributed by atoms with Gasteiger partial charge in [0.05, 0.1) is 5.69 Å². The molecule has 0 atom stereocenters. The molecule has 0 bridgehead atoms. The normalized spacial score (nSPS) is 22.3. The predicted molar refractivity (Wildman–Crippen MR) is 66.0 cm³/mol. The van der Waals surface area contributed by atoms with E-state index in [1.807, 2.05) is 17.9 Å². The van der Waals surface area contributed by atoms with Crippen molar-refractivity contribution in [3.05, 3.63) is 18.0 Å². The second-order valence-corrected chi connectivity index (χ2v) is 6.07. The van der Waals surface area contributed by atoms with Crippen LogP contribution in [0.3, 0.4) is 0 Å². The van der Waals surface area contributed by atoms with Gasteiger partial charge >= 0.3 is 0 Å². The first kappa shape index (κ1) is 11.6. The molecular weight excluding hydrogens is 198 g/mol. The van der Waals surface area contributed by atoms with Crippen molar-refractivity contribution in [1.29, 1.82) is 0 Å². The maximum Gasteiger partial charge on any atom is 0.0518 e. The van der Waals surface area contributed by atoms with Gasteiger partial charge in [-0.2, -0.15) is 5.10 Å². The van der Waals surface area contributed by atoms with Gasteiger partial charge in [0.1, 0.15) is 0 Å². The van der Waals surface area contributed by atoms with Crippen LogP contribution in [0.5, 0.6) is 0 Å². The van der Waals surface area contributed by atoms with Crippen LogP contribution >= 0.6 is 0 Å². The van der Waals surface area contributed by atoms with Crippen LogP contribution in [0.1, 0.15) is 33.4 Å². The first-order chi connectivity index (χ1) is 7.37. The van der Waals surface area contributed by atoms with Crippen molar-refractivity contribution in [3.8, 4) is 0 Å². The predicted octanol–water partition coefficient (Wildman–Crippen LogP) is 2.19. The van der Waals surface area contributed by atoms with Crippen molar-refractivity contribution in [2.75, 3.05) is 6.54 Å². The highest BCUT2D eigenvalue weighted by Crippen LogP contribution is 2.67. The van der Waals surface area contributed by atoms with Crippen LogP contribution in [-0.4, -0.2) is 16.3 Å². The summed E-state index contributed by atoms with van der Waals surface area (Å²) in [5.41, 5.74) is 2.20. The highest BCUT2D eigenvalue weighted by atomic mass is 15.3. The summed E-state index contributed by atoms with van der Waals surface area (Å²) in [7, 11) is 1.99. The fraction of sp³-hybridized carbons (Fsp3) is 0.769. The largest absolute Gasteiger partial charge is 0.311 e. The third-order valence-corrected chi connectivity index (χ3v) is 4.90. The van der Waals surface area contributed by atoms with Gasteiger partial charge in [0, 0.05) is 19.8 Å². The van der Waals surface area contributed by atoms with Gasteiger partial charge in [-0.05, 0) is 29.4 Å². The standard InChI is InChI=1S/C13H23N3/c1-12(2)11(13(12,3)4)9-14-8-10-6-7-15-16(10)5/h6-7,11,14H,8-9H2,1-5H3. The number of hydrogen-bond acceptors (Lipinski definition) is 2. The zero-order chi connectivity index (χ0) is 12.0. The van der Waals surface area contributed by atoms with E-state index in [0.29, 0.717) is 10.8 Å². The zero-order valence-electron chi connectivity index (χ0n) is 11.0. The third kappa shape index (κ3) is 1.67. The Balaban J connectivity index is 1.81. The number of aromatic nitrogens is 2. The van der Waals surface area contributed by atoms with Crippen LogP contribution in [0.2, 0.25) is 0 Å². The number of nitrogens with one attached hydrogen (secondary N) is 1. The summed E-state index contributed by atoms with van der Waals surface area (Å²) >= 11 is 0. The van der Waals surface area contributed by atoms with E-state index < -0.39 is 0 Å². The lowest BCUT2D eigenvalue weighted by molar-refractivity contribution is 0.457. The van der Waals surface area contributed by atoms with E-state index >= 15 is 0 Å². The van der Waals surface area contributed by atoms with Crippen molar-refractivity contribution in [3.63, 3.8) is 0 Å². The highest BCUT2D eigenvalue weighted by molar-refractivity contribution is 5.13. The van der Waals surface area contributed by atoms with E-state index in [-0.39, 0.29) is 0 Å². The highest BCUT2D eigenvalue weighted by Gasteiger charge is 2.63. The fourth-order valence-electron chi connectivity index (χ4n) is 2.76. The Hall–Kier alpha value is -0.830. The Morgan fingerprint density at radius 3 is 2.38 bits per heavy atom. The summed E-state index contributed by atoms with van der Waals surface area (Å²) in [6.07, 6.45) is 1.85. The Morgan fingerprint density at radius 2 is 1.94 bits per heavy atom. The Labute approximate surface area is 98.2 Å². The lowest BCUT2D eigenvalue weighted by Crippen LogP contribution is -2.20. The molecule has 0 amide bonds. The average Bonchev–Trinajstić information content (AvgIpc) is 2.52. The third-order valence-electron chi connectivity index (χ3n) is 4.90. The number of rotatable bonds is 4. The molecular formula is C13H23N3. The van der Waals surface area contributed by atoms with E-state index in [1.165, 1.54) is 5.69 Å². The Morgan fingerprint density at radius 1 is 1.31 bits per heavy atom. The molecule has 1 aromatic heterocycles. The lowest BCUT2D eigenvalue weighted by Gasteiger charge is -2.06. The van der Waals surface area contributed by atoms with Crippen LogP contribution in [0, 0.1) is 16.7 Å². The summed E-state index contributed by atoms with van der Waals surface area (Å²) < 4.78 is 1.93. The maximum atomic E-state index is 4.16. The summed E-state index contributed by atoms with van der Waals surface area (Å²) in [5.74, 6) is 0.785. The minimum absolute atomic E-state index is 0.479. The fourth-order valence-corrected chi connectivity index (χ4v) is 2.76. The molecule has 0 aliphatic heterocycles. The second kappa shape index (κ2) is 3.59. The average molecular weight is 221 g/mol. The van der Waals surface area contributed by atoms with Crippen LogP contribution in [0.4, 0.5) is 0 Å². The molecule has 0 aromatic carbocycles. The van der Waals surface area contributed by atoms with E-state index in [2.05, 4.69) is 44.2 Å². The molecule has 1 heterocycles. The monoisotopic (exact) mass is 221 g/mol. The summed E-state index contributed by atoms with van der Waals surface area (Å²) in [6.45, 7) is 11.5. The van der Waals surface area contributed by atoms with Crippen LogP contribution < -0.4 is 5.32 Å². The molecule has 90 valence electrons. The maximum absolute atomic E-state index is 4.16. The SMILES string of the molecule is Cn1nccc1CNCC1C(C)(C)C1(C)C. The molecule has 16 heavy (non-hydrogen) atoms. The number of aryl methyl sites for hydroxylation is 1. The molecule has 1 fully saturated rings. The molecule has 1 aliphatic carbocycles. The molecule has 2 rings (SSSR count). The van der Waals surface area contributed by atoms with Gasteiger partial charge < -0.3 is 5.32 Å². The summed E-state index contributed by atoms with van der Waals surface area (Å²) in [5, 5.41) is 7.70. The van der Waals surface area contributed by atoms with Crippen molar-refractivity contribution in [1.82, 2.24) is 15.1 Å². The van der Waals surface area contributed by atoms with Crippen molar-refractivity contribution < 1.29 is 0 Å². The Kier molecular flexibility index (Phi) is 2.61. The van der Waals surface area contributed by atoms with Gasteiger partial charge in [0.25, 0.3) is 0 Å². The smallest absolute Gasteiger partial charge is 0.0518 e. The van der Waals surface area contributed by atoms with Gasteiger partial charge in [0.2, 0.25) is 0 Å². The summed E-state index contributed by atoms with van der Waals surface area (Å²) in [6, 6.07) is 2.07. The van der Waals surface area contributed by atoms with E-state index in [4.69, 9.17) is 0 Å².